The largest absolute Gasteiger partial charge is 0.487 e. The number of rotatable bonds is 11. The maximum absolute atomic E-state index is 6.03. The third kappa shape index (κ3) is 11.5. The minimum atomic E-state index is 0.548. The highest BCUT2D eigenvalue weighted by molar-refractivity contribution is 5.85. The number of aryl methyl sites for hydroxylation is 5. The summed E-state index contributed by atoms with van der Waals surface area (Å²) in [6.45, 7) is 14.8. The summed E-state index contributed by atoms with van der Waals surface area (Å²) in [7, 11) is 0. The molecular weight excluding hydrogens is 831 g/mol. The first-order valence-corrected chi connectivity index (χ1v) is 23.5. The second-order valence-corrected chi connectivity index (χ2v) is 17.1. The lowest BCUT2D eigenvalue weighted by molar-refractivity contribution is 0.307. The summed E-state index contributed by atoms with van der Waals surface area (Å²) < 4.78 is 11.8. The molecule has 0 radical (unpaired) electrons. The molecule has 68 heavy (non-hydrogen) atoms. The maximum Gasteiger partial charge on any atom is 0.227 e. The lowest BCUT2D eigenvalue weighted by atomic mass is 9.94. The molecule has 10 rings (SSSR count). The van der Waals surface area contributed by atoms with Crippen LogP contribution in [0.4, 0.5) is 22.7 Å². The van der Waals surface area contributed by atoms with Crippen LogP contribution in [0, 0.1) is 27.7 Å². The molecule has 9 aromatic rings. The lowest BCUT2D eigenvalue weighted by Crippen LogP contribution is -2.12. The summed E-state index contributed by atoms with van der Waals surface area (Å²) in [5.74, 6) is 1.40. The fraction of sp³-hybridized carbons (Fsp3) is 0.143. The second kappa shape index (κ2) is 22.4. The van der Waals surface area contributed by atoms with Gasteiger partial charge in [-0.3, -0.25) is 4.99 Å². The first kappa shape index (κ1) is 46.5. The third-order valence-corrected chi connectivity index (χ3v) is 12.1. The standard InChI is InChI=1S/C37H32N2O.C15H15NO.C11H12/c1-4-5-10-33-27(3)9-8-12-35(33)39(31-22-18-29(19-23-31)28-16-14-26(2)15-17-28)32-24-20-30(21-25-32)37-38-34-11-6-7-13-36(34)40-37;1-12-7-9-13(10-8-12)11-17-15-6-4-3-5-14(15)16-2;1-9-5-4-7-10-6-2-3-8-11(9)10/h5-25H,4H2,1-3H3;3-10H,2,11H2,1H3;3-5,7-8H,2,6H2,1H3/b10-5-;;. The number of aromatic nitrogens is 1. The van der Waals surface area contributed by atoms with Crippen molar-refractivity contribution in [3.8, 4) is 28.3 Å². The first-order chi connectivity index (χ1) is 33.3. The summed E-state index contributed by atoms with van der Waals surface area (Å²) in [6.07, 6.45) is 12.4. The van der Waals surface area contributed by atoms with Crippen molar-refractivity contribution in [3.63, 3.8) is 0 Å². The van der Waals surface area contributed by atoms with E-state index in [-0.39, 0.29) is 0 Å². The number of para-hydroxylation sites is 4. The molecule has 0 atom stereocenters. The zero-order valence-corrected chi connectivity index (χ0v) is 39.8. The van der Waals surface area contributed by atoms with Gasteiger partial charge in [-0.2, -0.15) is 0 Å². The summed E-state index contributed by atoms with van der Waals surface area (Å²) in [5, 5.41) is 0. The lowest BCUT2D eigenvalue weighted by Gasteiger charge is -2.28. The monoisotopic (exact) mass is 889 g/mol. The van der Waals surface area contributed by atoms with Gasteiger partial charge in [0, 0.05) is 22.5 Å². The second-order valence-electron chi connectivity index (χ2n) is 17.1. The number of hydrogen-bond donors (Lipinski definition) is 0. The Bertz CT molecular complexity index is 3110. The first-order valence-electron chi connectivity index (χ1n) is 23.5. The van der Waals surface area contributed by atoms with E-state index in [1.165, 1.54) is 62.9 Å². The molecule has 0 saturated heterocycles. The zero-order valence-electron chi connectivity index (χ0n) is 39.8. The van der Waals surface area contributed by atoms with Crippen LogP contribution in [0.15, 0.2) is 204 Å². The van der Waals surface area contributed by atoms with E-state index in [1.807, 2.05) is 48.5 Å². The van der Waals surface area contributed by atoms with E-state index in [2.05, 4.69) is 214 Å². The molecule has 5 nitrogen and oxygen atoms in total. The van der Waals surface area contributed by atoms with Gasteiger partial charge in [0.05, 0.1) is 5.69 Å². The quantitative estimate of drug-likeness (QED) is 0.121. The van der Waals surface area contributed by atoms with Gasteiger partial charge in [-0.25, -0.2) is 4.98 Å². The number of allylic oxidation sites excluding steroid dienone is 2. The number of anilines is 3. The Hall–Kier alpha value is -8.02. The van der Waals surface area contributed by atoms with Gasteiger partial charge in [-0.1, -0.05) is 158 Å². The fourth-order valence-corrected chi connectivity index (χ4v) is 8.23. The van der Waals surface area contributed by atoms with E-state index in [0.717, 1.165) is 57.1 Å². The molecule has 5 heteroatoms. The topological polar surface area (TPSA) is 50.9 Å². The van der Waals surface area contributed by atoms with Crippen molar-refractivity contribution in [2.24, 2.45) is 4.99 Å². The maximum atomic E-state index is 6.03. The summed E-state index contributed by atoms with van der Waals surface area (Å²) >= 11 is 0. The number of oxazole rings is 1. The van der Waals surface area contributed by atoms with Crippen LogP contribution in [0.5, 0.6) is 5.75 Å². The highest BCUT2D eigenvalue weighted by Crippen LogP contribution is 2.40. The summed E-state index contributed by atoms with van der Waals surface area (Å²) in [6, 6.07) is 62.8. The van der Waals surface area contributed by atoms with Crippen molar-refractivity contribution >= 4 is 52.7 Å². The molecule has 0 saturated carbocycles. The molecule has 0 spiro atoms. The Morgan fingerprint density at radius 1 is 0.647 bits per heavy atom. The number of aliphatic imine (C=N–C) groups is 1. The molecule has 0 amide bonds. The van der Waals surface area contributed by atoms with Crippen molar-refractivity contribution in [2.45, 2.75) is 60.5 Å². The Morgan fingerprint density at radius 2 is 1.26 bits per heavy atom. The van der Waals surface area contributed by atoms with Crippen LogP contribution >= 0.6 is 0 Å². The molecular formula is C63H59N3O2. The number of ether oxygens (including phenoxy) is 1. The smallest absolute Gasteiger partial charge is 0.227 e. The van der Waals surface area contributed by atoms with Crippen LogP contribution < -0.4 is 9.64 Å². The minimum Gasteiger partial charge on any atom is -0.487 e. The van der Waals surface area contributed by atoms with Crippen molar-refractivity contribution in [2.75, 3.05) is 4.90 Å². The van der Waals surface area contributed by atoms with E-state index in [9.17, 15) is 0 Å². The molecule has 338 valence electrons. The molecule has 1 aliphatic rings. The van der Waals surface area contributed by atoms with Crippen LogP contribution in [0.2, 0.25) is 0 Å². The van der Waals surface area contributed by atoms with Crippen LogP contribution in [-0.2, 0) is 13.0 Å². The Kier molecular flexibility index (Phi) is 15.4. The molecule has 1 heterocycles. The highest BCUT2D eigenvalue weighted by atomic mass is 16.5. The Labute approximate surface area is 402 Å². The molecule has 8 aromatic carbocycles. The van der Waals surface area contributed by atoms with Crippen molar-refractivity contribution in [3.05, 3.63) is 239 Å². The number of fused-ring (bicyclic) bond motifs is 2. The van der Waals surface area contributed by atoms with E-state index >= 15 is 0 Å². The average molecular weight is 890 g/mol. The van der Waals surface area contributed by atoms with Crippen molar-refractivity contribution in [1.82, 2.24) is 4.98 Å². The summed E-state index contributed by atoms with van der Waals surface area (Å²) in [5.41, 5.74) is 19.6. The fourth-order valence-electron chi connectivity index (χ4n) is 8.23. The van der Waals surface area contributed by atoms with E-state index in [4.69, 9.17) is 9.15 Å². The van der Waals surface area contributed by atoms with Crippen LogP contribution in [0.1, 0.15) is 64.3 Å². The normalized spacial score (nSPS) is 11.5. The Balaban J connectivity index is 0.000000181. The molecule has 0 N–H and O–H groups in total. The Morgan fingerprint density at radius 3 is 1.94 bits per heavy atom. The van der Waals surface area contributed by atoms with Crippen molar-refractivity contribution < 1.29 is 9.15 Å². The molecule has 0 bridgehead atoms. The number of nitrogens with zero attached hydrogens (tertiary/aromatic N) is 3. The highest BCUT2D eigenvalue weighted by Gasteiger charge is 2.18. The number of benzene rings is 8. The SMILES string of the molecule is C=Nc1ccccc1OCc1ccc(C)cc1.CC/C=C\c1c(C)cccc1N(c1ccc(-c2ccc(C)cc2)cc1)c1ccc(-c2nc3ccccc3o2)cc1.Cc1cccc2c1C=CCC2. The molecule has 0 unspecified atom stereocenters. The average Bonchev–Trinajstić information content (AvgIpc) is 3.82. The van der Waals surface area contributed by atoms with E-state index in [1.54, 1.807) is 0 Å². The van der Waals surface area contributed by atoms with E-state index < -0.39 is 0 Å². The third-order valence-electron chi connectivity index (χ3n) is 12.1. The van der Waals surface area contributed by atoms with Crippen LogP contribution in [-0.4, -0.2) is 11.7 Å². The van der Waals surface area contributed by atoms with Gasteiger partial charge in [0.25, 0.3) is 0 Å². The van der Waals surface area contributed by atoms with Gasteiger partial charge in [0.15, 0.2) is 5.58 Å². The van der Waals surface area contributed by atoms with Gasteiger partial charge in [-0.05, 0) is 159 Å². The molecule has 1 aromatic heterocycles. The van der Waals surface area contributed by atoms with E-state index in [0.29, 0.717) is 12.5 Å². The van der Waals surface area contributed by atoms with Crippen LogP contribution in [0.25, 0.3) is 45.8 Å². The predicted octanol–water partition coefficient (Wildman–Crippen LogP) is 17.5. The molecule has 1 aliphatic carbocycles. The summed E-state index contributed by atoms with van der Waals surface area (Å²) in [4.78, 5) is 10.9. The van der Waals surface area contributed by atoms with Crippen LogP contribution in [0.3, 0.4) is 0 Å². The molecule has 0 aliphatic heterocycles. The predicted molar refractivity (Wildman–Crippen MR) is 288 cm³/mol. The number of hydrogen-bond acceptors (Lipinski definition) is 5. The van der Waals surface area contributed by atoms with Gasteiger partial charge >= 0.3 is 0 Å². The minimum absolute atomic E-state index is 0.548. The van der Waals surface area contributed by atoms with Gasteiger partial charge in [0.2, 0.25) is 5.89 Å². The van der Waals surface area contributed by atoms with Gasteiger partial charge < -0.3 is 14.1 Å². The van der Waals surface area contributed by atoms with Crippen molar-refractivity contribution in [1.29, 1.82) is 0 Å². The van der Waals surface area contributed by atoms with Gasteiger partial charge in [-0.15, -0.1) is 0 Å². The van der Waals surface area contributed by atoms with Gasteiger partial charge in [0.1, 0.15) is 23.6 Å². The zero-order chi connectivity index (χ0) is 47.2. The molecule has 0 fully saturated rings.